The molecule has 2 aromatic rings. The molecule has 2 N–H and O–H groups in total. The summed E-state index contributed by atoms with van der Waals surface area (Å²) >= 11 is 0. The number of nitrogens with zero attached hydrogens (tertiary/aromatic N) is 4. The third kappa shape index (κ3) is 5.96. The molecule has 1 unspecified atom stereocenters. The molecule has 1 saturated heterocycles. The van der Waals surface area contributed by atoms with E-state index in [1.807, 2.05) is 49.0 Å². The average Bonchev–Trinajstić information content (AvgIpc) is 3.19. The van der Waals surface area contributed by atoms with E-state index in [-0.39, 0.29) is 35.9 Å². The Kier molecular flexibility index (Phi) is 9.13. The Bertz CT molecular complexity index is 885. The first-order chi connectivity index (χ1) is 14.0. The summed E-state index contributed by atoms with van der Waals surface area (Å²) in [7, 11) is 4.00. The number of nitrogens with one attached hydrogen (secondary N) is 2. The number of benzene rings is 1. The number of carbonyl (C=O) groups is 1. The summed E-state index contributed by atoms with van der Waals surface area (Å²) in [5, 5.41) is 7.96. The van der Waals surface area contributed by atoms with Gasteiger partial charge in [0.2, 0.25) is 5.91 Å². The first kappa shape index (κ1) is 24.2. The van der Waals surface area contributed by atoms with Crippen molar-refractivity contribution in [1.29, 1.82) is 0 Å². The molecule has 0 saturated carbocycles. The van der Waals surface area contributed by atoms with Crippen molar-refractivity contribution in [2.24, 2.45) is 4.99 Å². The highest BCUT2D eigenvalue weighted by atomic mass is 127. The van der Waals surface area contributed by atoms with E-state index in [2.05, 4.69) is 29.7 Å². The van der Waals surface area contributed by atoms with Crippen molar-refractivity contribution in [3.63, 3.8) is 0 Å². The van der Waals surface area contributed by atoms with Crippen LogP contribution in [0, 0.1) is 0 Å². The van der Waals surface area contributed by atoms with E-state index in [9.17, 15) is 4.79 Å². The quantitative estimate of drug-likeness (QED) is 0.346. The van der Waals surface area contributed by atoms with Gasteiger partial charge in [0.15, 0.2) is 5.96 Å². The number of pyridine rings is 1. The van der Waals surface area contributed by atoms with Crippen molar-refractivity contribution in [1.82, 2.24) is 20.5 Å². The molecular weight excluding hydrogens is 491 g/mol. The van der Waals surface area contributed by atoms with Crippen molar-refractivity contribution >= 4 is 52.6 Å². The molecule has 1 aromatic carbocycles. The van der Waals surface area contributed by atoms with E-state index in [4.69, 9.17) is 9.98 Å². The van der Waals surface area contributed by atoms with Gasteiger partial charge in [-0.3, -0.25) is 4.79 Å². The second kappa shape index (κ2) is 11.3. The van der Waals surface area contributed by atoms with Crippen LogP contribution >= 0.6 is 24.0 Å². The second-order valence-electron chi connectivity index (χ2n) is 7.57. The number of carbonyl (C=O) groups excluding carboxylic acids is 1. The topological polar surface area (TPSA) is 72.9 Å². The minimum absolute atomic E-state index is 0. The van der Waals surface area contributed by atoms with Gasteiger partial charge in [0.05, 0.1) is 12.1 Å². The van der Waals surface area contributed by atoms with Crippen LogP contribution < -0.4 is 15.5 Å². The molecule has 1 fully saturated rings. The summed E-state index contributed by atoms with van der Waals surface area (Å²) < 4.78 is 0. The number of halogens is 1. The van der Waals surface area contributed by atoms with Crippen LogP contribution in [0.4, 0.5) is 5.82 Å². The zero-order valence-electron chi connectivity index (χ0n) is 18.3. The summed E-state index contributed by atoms with van der Waals surface area (Å²) in [6.07, 6.45) is 1.50. The Morgan fingerprint density at radius 2 is 2.07 bits per heavy atom. The number of aliphatic imine (C=N–C) groups is 1. The van der Waals surface area contributed by atoms with E-state index in [0.29, 0.717) is 13.0 Å². The van der Waals surface area contributed by atoms with Crippen molar-refractivity contribution in [2.45, 2.75) is 39.3 Å². The lowest BCUT2D eigenvalue weighted by Crippen LogP contribution is -2.45. The lowest BCUT2D eigenvalue weighted by molar-refractivity contribution is -0.129. The predicted molar refractivity (Wildman–Crippen MR) is 135 cm³/mol. The Morgan fingerprint density at radius 3 is 2.77 bits per heavy atom. The third-order valence-corrected chi connectivity index (χ3v) is 5.18. The van der Waals surface area contributed by atoms with Gasteiger partial charge in [0.1, 0.15) is 5.82 Å². The van der Waals surface area contributed by atoms with Gasteiger partial charge in [0.25, 0.3) is 0 Å². The molecule has 1 aliphatic rings. The van der Waals surface area contributed by atoms with Crippen LogP contribution in [-0.4, -0.2) is 61.5 Å². The van der Waals surface area contributed by atoms with Gasteiger partial charge in [-0.25, -0.2) is 9.98 Å². The number of aromatic nitrogens is 1. The smallest absolute Gasteiger partial charge is 0.222 e. The molecule has 30 heavy (non-hydrogen) atoms. The summed E-state index contributed by atoms with van der Waals surface area (Å²) in [5.74, 6) is 1.93. The molecule has 2 heterocycles. The maximum atomic E-state index is 11.9. The first-order valence-electron chi connectivity index (χ1n) is 10.4. The molecule has 164 valence electrons. The summed E-state index contributed by atoms with van der Waals surface area (Å²) in [5.41, 5.74) is 2.12. The normalized spacial score (nSPS) is 16.3. The van der Waals surface area contributed by atoms with Crippen molar-refractivity contribution in [3.05, 3.63) is 35.9 Å². The van der Waals surface area contributed by atoms with E-state index in [0.717, 1.165) is 54.3 Å². The predicted octanol–water partition coefficient (Wildman–Crippen LogP) is 2.98. The van der Waals surface area contributed by atoms with Gasteiger partial charge in [-0.05, 0) is 31.0 Å². The van der Waals surface area contributed by atoms with Gasteiger partial charge in [-0.1, -0.05) is 25.1 Å². The van der Waals surface area contributed by atoms with E-state index in [1.165, 1.54) is 0 Å². The zero-order chi connectivity index (χ0) is 20.8. The van der Waals surface area contributed by atoms with Crippen LogP contribution in [0.25, 0.3) is 10.9 Å². The fourth-order valence-electron chi connectivity index (χ4n) is 3.60. The molecule has 1 aromatic heterocycles. The number of rotatable bonds is 6. The molecule has 0 spiro atoms. The highest BCUT2D eigenvalue weighted by Crippen LogP contribution is 2.22. The second-order valence-corrected chi connectivity index (χ2v) is 7.57. The van der Waals surface area contributed by atoms with E-state index in [1.54, 1.807) is 0 Å². The number of anilines is 1. The molecule has 1 aliphatic heterocycles. The Labute approximate surface area is 196 Å². The lowest BCUT2D eigenvalue weighted by Gasteiger charge is -2.19. The van der Waals surface area contributed by atoms with E-state index < -0.39 is 0 Å². The number of amides is 1. The van der Waals surface area contributed by atoms with Gasteiger partial charge in [-0.2, -0.15) is 0 Å². The molecule has 0 bridgehead atoms. The molecule has 1 amide bonds. The third-order valence-electron chi connectivity index (χ3n) is 5.18. The monoisotopic (exact) mass is 524 g/mol. The molecule has 0 aliphatic carbocycles. The van der Waals surface area contributed by atoms with Gasteiger partial charge in [-0.15, -0.1) is 24.0 Å². The van der Waals surface area contributed by atoms with Crippen LogP contribution in [0.15, 0.2) is 35.3 Å². The number of hydrogen-bond donors (Lipinski definition) is 2. The molecule has 8 heteroatoms. The standard InChI is InChI=1S/C22H32N6O.HI/c1-5-21(29)28-12-11-17(15-28)25-22(23-6-2)24-14-16-13-20(27(3)4)26-19-10-8-7-9-18(16)19;/h7-10,13,17H,5-6,11-12,14-15H2,1-4H3,(H2,23,24,25);1H. The molecule has 3 rings (SSSR count). The van der Waals surface area contributed by atoms with Crippen LogP contribution in [0.2, 0.25) is 0 Å². The van der Waals surface area contributed by atoms with Gasteiger partial charge < -0.3 is 20.4 Å². The SMILES string of the molecule is CCNC(=NCc1cc(N(C)C)nc2ccccc12)NC1CCN(C(=O)CC)C1.I. The Morgan fingerprint density at radius 1 is 1.30 bits per heavy atom. The lowest BCUT2D eigenvalue weighted by atomic mass is 10.1. The van der Waals surface area contributed by atoms with E-state index >= 15 is 0 Å². The van der Waals surface area contributed by atoms with Crippen molar-refractivity contribution < 1.29 is 4.79 Å². The highest BCUT2D eigenvalue weighted by molar-refractivity contribution is 14.0. The van der Waals surface area contributed by atoms with Gasteiger partial charge >= 0.3 is 0 Å². The fraction of sp³-hybridized carbons (Fsp3) is 0.500. The average molecular weight is 524 g/mol. The fourth-order valence-corrected chi connectivity index (χ4v) is 3.60. The summed E-state index contributed by atoms with van der Waals surface area (Å²) in [6, 6.07) is 10.5. The zero-order valence-corrected chi connectivity index (χ0v) is 20.6. The van der Waals surface area contributed by atoms with Crippen LogP contribution in [0.3, 0.4) is 0 Å². The largest absolute Gasteiger partial charge is 0.363 e. The number of para-hydroxylation sites is 1. The minimum atomic E-state index is 0. The molecule has 1 atom stereocenters. The van der Waals surface area contributed by atoms with Crippen molar-refractivity contribution in [2.75, 3.05) is 38.6 Å². The minimum Gasteiger partial charge on any atom is -0.363 e. The highest BCUT2D eigenvalue weighted by Gasteiger charge is 2.25. The first-order valence-corrected chi connectivity index (χ1v) is 10.4. The number of hydrogen-bond acceptors (Lipinski definition) is 4. The molecular formula is C22H33IN6O. The summed E-state index contributed by atoms with van der Waals surface area (Å²) in [4.78, 5) is 25.4. The van der Waals surface area contributed by atoms with Crippen molar-refractivity contribution in [3.8, 4) is 0 Å². The Hall–Kier alpha value is -2.10. The number of likely N-dealkylation sites (tertiary alicyclic amines) is 1. The van der Waals surface area contributed by atoms with Crippen LogP contribution in [0.5, 0.6) is 0 Å². The van der Waals surface area contributed by atoms with Crippen LogP contribution in [-0.2, 0) is 11.3 Å². The van der Waals surface area contributed by atoms with Gasteiger partial charge in [0, 0.05) is 51.6 Å². The molecule has 7 nitrogen and oxygen atoms in total. The van der Waals surface area contributed by atoms with Crippen LogP contribution in [0.1, 0.15) is 32.3 Å². The number of fused-ring (bicyclic) bond motifs is 1. The summed E-state index contributed by atoms with van der Waals surface area (Å²) in [6.45, 7) is 6.87. The maximum Gasteiger partial charge on any atom is 0.222 e. The Balaban J connectivity index is 0.00000320. The maximum absolute atomic E-state index is 11.9. The number of guanidine groups is 1. The molecule has 0 radical (unpaired) electrons.